The van der Waals surface area contributed by atoms with Crippen LogP contribution in [0.4, 0.5) is 0 Å². The number of carbonyl (C=O) groups excluding carboxylic acids is 1. The predicted molar refractivity (Wildman–Crippen MR) is 98.6 cm³/mol. The number of primary amides is 1. The minimum absolute atomic E-state index is 0.118. The largest absolute Gasteiger partial charge is 0.420 e. The topological polar surface area (TPSA) is 55.1 Å². The average Bonchev–Trinajstić information content (AvgIpc) is 2.51. The van der Waals surface area contributed by atoms with Crippen molar-refractivity contribution >= 4 is 58.5 Å². The van der Waals surface area contributed by atoms with Crippen molar-refractivity contribution in [3.8, 4) is 0 Å². The van der Waals surface area contributed by atoms with E-state index in [1.54, 1.807) is 0 Å². The molecule has 2 rings (SSSR count). The molecule has 0 aromatic heterocycles. The number of allylic oxidation sites excluding steroid dienone is 1. The van der Waals surface area contributed by atoms with Crippen molar-refractivity contribution in [2.24, 2.45) is 5.73 Å². The number of nitrogens with two attached hydrogens (primary N) is 1. The predicted octanol–water partition coefficient (Wildman–Crippen LogP) is 2.12. The van der Waals surface area contributed by atoms with Crippen LogP contribution in [0.3, 0.4) is 0 Å². The van der Waals surface area contributed by atoms with Crippen molar-refractivity contribution in [1.29, 1.82) is 0 Å². The molecule has 7 heteroatoms. The lowest BCUT2D eigenvalue weighted by Gasteiger charge is -2.23. The number of hydrogen-bond donors (Lipinski definition) is 2. The lowest BCUT2D eigenvalue weighted by molar-refractivity contribution is -0.113. The number of alkyl halides is 3. The zero-order valence-corrected chi connectivity index (χ0v) is 14.3. The van der Waals surface area contributed by atoms with Gasteiger partial charge in [0.2, 0.25) is 9.70 Å². The number of benzene rings is 2. The van der Waals surface area contributed by atoms with Crippen LogP contribution < -0.4 is 21.9 Å². The first-order chi connectivity index (χ1) is 10.9. The quantitative estimate of drug-likeness (QED) is 0.483. The molecule has 0 aliphatic rings. The molecule has 0 radical (unpaired) electrons. The van der Waals surface area contributed by atoms with E-state index in [1.807, 2.05) is 60.7 Å². The molecule has 1 amide bonds. The molecule has 0 saturated heterocycles. The maximum absolute atomic E-state index is 11.2. The van der Waals surface area contributed by atoms with Crippen molar-refractivity contribution in [2.75, 3.05) is 0 Å². The Bertz CT molecular complexity index is 648. The normalized spacial score (nSPS) is 11.9. The van der Waals surface area contributed by atoms with Crippen LogP contribution in [0.15, 0.2) is 72.4 Å². The summed E-state index contributed by atoms with van der Waals surface area (Å²) in [6.07, 6.45) is 1.09. The van der Waals surface area contributed by atoms with Crippen LogP contribution >= 0.6 is 34.8 Å². The summed E-state index contributed by atoms with van der Waals surface area (Å²) in [6, 6.07) is 19.3. The van der Waals surface area contributed by atoms with Crippen LogP contribution in [0.2, 0.25) is 0 Å². The van der Waals surface area contributed by atoms with Gasteiger partial charge in [0.05, 0.1) is 5.70 Å². The summed E-state index contributed by atoms with van der Waals surface area (Å²) >= 11 is 17.9. The minimum Gasteiger partial charge on any atom is -0.420 e. The SMILES string of the molecule is NC(=O)/C=C(\NB(c1ccccc1)c1ccccc1)C(Cl)(Cl)Cl. The number of amides is 1. The molecule has 3 nitrogen and oxygen atoms in total. The molecule has 0 saturated carbocycles. The van der Waals surface area contributed by atoms with E-state index < -0.39 is 9.70 Å². The van der Waals surface area contributed by atoms with Crippen LogP contribution in [0, 0.1) is 0 Å². The first kappa shape index (κ1) is 17.7. The first-order valence-electron chi connectivity index (χ1n) is 6.82. The van der Waals surface area contributed by atoms with Gasteiger partial charge >= 0.3 is 6.85 Å². The van der Waals surface area contributed by atoms with Crippen LogP contribution in [-0.2, 0) is 4.79 Å². The average molecular weight is 367 g/mol. The van der Waals surface area contributed by atoms with Crippen molar-refractivity contribution in [2.45, 2.75) is 3.79 Å². The molecule has 0 unspecified atom stereocenters. The molecule has 0 aliphatic carbocycles. The van der Waals surface area contributed by atoms with Gasteiger partial charge in [-0.05, 0) is 0 Å². The Hall–Kier alpha value is -1.62. The summed E-state index contributed by atoms with van der Waals surface area (Å²) in [4.78, 5) is 11.2. The van der Waals surface area contributed by atoms with Crippen molar-refractivity contribution < 1.29 is 4.79 Å². The molecule has 3 N–H and O–H groups in total. The van der Waals surface area contributed by atoms with Gasteiger partial charge in [0.25, 0.3) is 0 Å². The lowest BCUT2D eigenvalue weighted by Crippen LogP contribution is -2.55. The van der Waals surface area contributed by atoms with Crippen LogP contribution in [0.25, 0.3) is 0 Å². The summed E-state index contributed by atoms with van der Waals surface area (Å²) in [5, 5.41) is 3.12. The smallest absolute Gasteiger partial charge is 0.320 e. The standard InChI is InChI=1S/C16H14BCl3N2O/c18-16(19,20)14(11-15(21)23)22-17(12-7-3-1-4-8-12)13-9-5-2-6-10-13/h1-11,22H,(H2,21,23)/b14-11-. The molecule has 0 bridgehead atoms. The molecular weight excluding hydrogens is 353 g/mol. The third kappa shape index (κ3) is 5.20. The Labute approximate surface area is 150 Å². The van der Waals surface area contributed by atoms with E-state index in [0.717, 1.165) is 17.0 Å². The van der Waals surface area contributed by atoms with Gasteiger partial charge in [0, 0.05) is 6.08 Å². The Balaban J connectivity index is 2.44. The van der Waals surface area contributed by atoms with Crippen LogP contribution in [-0.4, -0.2) is 16.5 Å². The second kappa shape index (κ2) is 7.78. The van der Waals surface area contributed by atoms with E-state index in [4.69, 9.17) is 40.5 Å². The number of carbonyl (C=O) groups is 1. The summed E-state index contributed by atoms with van der Waals surface area (Å²) in [7, 11) is 0. The highest BCUT2D eigenvalue weighted by Crippen LogP contribution is 2.33. The van der Waals surface area contributed by atoms with Crippen LogP contribution in [0.1, 0.15) is 0 Å². The van der Waals surface area contributed by atoms with Gasteiger partial charge in [-0.15, -0.1) is 0 Å². The molecule has 0 spiro atoms. The molecule has 2 aromatic carbocycles. The van der Waals surface area contributed by atoms with E-state index >= 15 is 0 Å². The molecule has 0 heterocycles. The van der Waals surface area contributed by atoms with Crippen LogP contribution in [0.5, 0.6) is 0 Å². The van der Waals surface area contributed by atoms with E-state index in [9.17, 15) is 4.79 Å². The van der Waals surface area contributed by atoms with E-state index in [-0.39, 0.29) is 12.5 Å². The lowest BCUT2D eigenvalue weighted by atomic mass is 9.50. The summed E-state index contributed by atoms with van der Waals surface area (Å²) in [5.74, 6) is -0.696. The minimum atomic E-state index is -1.79. The van der Waals surface area contributed by atoms with E-state index in [2.05, 4.69) is 5.23 Å². The maximum Gasteiger partial charge on any atom is 0.320 e. The Kier molecular flexibility index (Phi) is 6.00. The number of rotatable bonds is 5. The molecular formula is C16H14BCl3N2O. The van der Waals surface area contributed by atoms with Gasteiger partial charge in [-0.3, -0.25) is 4.79 Å². The number of hydrogen-bond acceptors (Lipinski definition) is 2. The maximum atomic E-state index is 11.2. The van der Waals surface area contributed by atoms with Gasteiger partial charge < -0.3 is 11.0 Å². The zero-order chi connectivity index (χ0) is 16.9. The molecule has 118 valence electrons. The van der Waals surface area contributed by atoms with Gasteiger partial charge in [0.15, 0.2) is 0 Å². The molecule has 0 fully saturated rings. The van der Waals surface area contributed by atoms with E-state index in [1.165, 1.54) is 0 Å². The highest BCUT2D eigenvalue weighted by atomic mass is 35.6. The van der Waals surface area contributed by atoms with Crippen molar-refractivity contribution in [3.63, 3.8) is 0 Å². The van der Waals surface area contributed by atoms with Gasteiger partial charge in [0.1, 0.15) is 0 Å². The first-order valence-corrected chi connectivity index (χ1v) is 7.96. The van der Waals surface area contributed by atoms with Gasteiger partial charge in [-0.25, -0.2) is 0 Å². The monoisotopic (exact) mass is 366 g/mol. The van der Waals surface area contributed by atoms with Crippen molar-refractivity contribution in [3.05, 3.63) is 72.4 Å². The highest BCUT2D eigenvalue weighted by Gasteiger charge is 2.31. The second-order valence-electron chi connectivity index (χ2n) is 4.86. The van der Waals surface area contributed by atoms with Gasteiger partial charge in [-0.2, -0.15) is 0 Å². The molecule has 0 atom stereocenters. The zero-order valence-electron chi connectivity index (χ0n) is 12.0. The third-order valence-electron chi connectivity index (χ3n) is 3.16. The second-order valence-corrected chi connectivity index (χ2v) is 7.14. The summed E-state index contributed by atoms with van der Waals surface area (Å²) in [6.45, 7) is -0.293. The molecule has 2 aromatic rings. The number of nitrogens with one attached hydrogen (secondary N) is 1. The molecule has 0 aliphatic heterocycles. The summed E-state index contributed by atoms with van der Waals surface area (Å²) in [5.41, 5.74) is 7.25. The Morgan fingerprint density at radius 2 is 1.39 bits per heavy atom. The fraction of sp³-hybridized carbons (Fsp3) is 0.0625. The fourth-order valence-corrected chi connectivity index (χ4v) is 2.48. The van der Waals surface area contributed by atoms with Crippen molar-refractivity contribution in [1.82, 2.24) is 5.23 Å². The Morgan fingerprint density at radius 1 is 0.957 bits per heavy atom. The van der Waals surface area contributed by atoms with E-state index in [0.29, 0.717) is 0 Å². The Morgan fingerprint density at radius 3 is 1.74 bits per heavy atom. The molecule has 23 heavy (non-hydrogen) atoms. The highest BCUT2D eigenvalue weighted by molar-refractivity contribution is 6.84. The fourth-order valence-electron chi connectivity index (χ4n) is 2.15. The summed E-state index contributed by atoms with van der Waals surface area (Å²) < 4.78 is -1.79. The number of halogens is 3. The third-order valence-corrected chi connectivity index (χ3v) is 3.77. The van der Waals surface area contributed by atoms with Gasteiger partial charge in [-0.1, -0.05) is 106 Å².